The molecule has 0 spiro atoms. The van der Waals surface area contributed by atoms with Gasteiger partial charge in [-0.05, 0) is 24.8 Å². The van der Waals surface area contributed by atoms with E-state index in [1.54, 1.807) is 0 Å². The van der Waals surface area contributed by atoms with E-state index in [9.17, 15) is 0 Å². The van der Waals surface area contributed by atoms with Gasteiger partial charge >= 0.3 is 0 Å². The molecule has 5 heteroatoms. The summed E-state index contributed by atoms with van der Waals surface area (Å²) in [5.74, 6) is 0. The zero-order valence-electron chi connectivity index (χ0n) is 8.47. The lowest BCUT2D eigenvalue weighted by Crippen LogP contribution is -2.42. The summed E-state index contributed by atoms with van der Waals surface area (Å²) in [6.45, 7) is 2.53. The summed E-state index contributed by atoms with van der Waals surface area (Å²) < 4.78 is 0. The van der Waals surface area contributed by atoms with Gasteiger partial charge in [0.25, 0.3) is 0 Å². The maximum absolute atomic E-state index is 8.75. The maximum atomic E-state index is 8.75. The average Bonchev–Trinajstić information content (AvgIpc) is 2.11. The Labute approximate surface area is 84.3 Å². The number of hydrogen-bond acceptors (Lipinski definition) is 3. The Morgan fingerprint density at radius 2 is 2.21 bits per heavy atom. The van der Waals surface area contributed by atoms with Crippen LogP contribution in [0.15, 0.2) is 5.11 Å². The van der Waals surface area contributed by atoms with Crippen LogP contribution in [-0.2, 0) is 0 Å². The lowest BCUT2D eigenvalue weighted by molar-refractivity contribution is 0.120. The highest BCUT2D eigenvalue weighted by Crippen LogP contribution is 2.24. The van der Waals surface area contributed by atoms with Crippen LogP contribution in [0.5, 0.6) is 0 Å². The minimum atomic E-state index is 0.241. The molecule has 1 rings (SSSR count). The molecule has 0 aromatic rings. The summed E-state index contributed by atoms with van der Waals surface area (Å²) in [6, 6.07) is 0.662. The third kappa shape index (κ3) is 3.54. The maximum Gasteiger partial charge on any atom is 0.0443 e. The predicted molar refractivity (Wildman–Crippen MR) is 54.9 cm³/mol. The van der Waals surface area contributed by atoms with E-state index in [1.807, 2.05) is 0 Å². The predicted octanol–water partition coefficient (Wildman–Crippen LogP) is 1.53. The Balaban J connectivity index is 2.23. The minimum Gasteiger partial charge on any atom is -0.396 e. The molecule has 1 aliphatic rings. The molecule has 5 nitrogen and oxygen atoms in total. The monoisotopic (exact) mass is 198 g/mol. The Morgan fingerprint density at radius 1 is 1.43 bits per heavy atom. The fraction of sp³-hybridized carbons (Fsp3) is 1.00. The summed E-state index contributed by atoms with van der Waals surface area (Å²) in [7, 11) is 0. The van der Waals surface area contributed by atoms with Gasteiger partial charge in [0, 0.05) is 37.2 Å². The zero-order valence-corrected chi connectivity index (χ0v) is 8.47. The Hall–Kier alpha value is -0.770. The summed E-state index contributed by atoms with van der Waals surface area (Å²) in [4.78, 5) is 5.07. The van der Waals surface area contributed by atoms with Gasteiger partial charge in [-0.1, -0.05) is 11.5 Å². The SMILES string of the molecule is [N-]=[N+]=NCCN(CCCO)C1CCC1. The number of rotatable bonds is 7. The van der Waals surface area contributed by atoms with Crippen LogP contribution < -0.4 is 0 Å². The fourth-order valence-electron chi connectivity index (χ4n) is 1.72. The number of aliphatic hydroxyl groups is 1. The van der Waals surface area contributed by atoms with Crippen molar-refractivity contribution in [2.75, 3.05) is 26.2 Å². The van der Waals surface area contributed by atoms with Crippen LogP contribution in [0, 0.1) is 0 Å². The molecular formula is C9H18N4O. The first kappa shape index (κ1) is 11.3. The summed E-state index contributed by atoms with van der Waals surface area (Å²) >= 11 is 0. The van der Waals surface area contributed by atoms with Crippen molar-refractivity contribution in [3.8, 4) is 0 Å². The largest absolute Gasteiger partial charge is 0.396 e. The molecule has 0 heterocycles. The summed E-state index contributed by atoms with van der Waals surface area (Å²) in [5, 5.41) is 12.3. The van der Waals surface area contributed by atoms with Crippen LogP contribution >= 0.6 is 0 Å². The molecule has 0 atom stereocenters. The summed E-state index contributed by atoms with van der Waals surface area (Å²) in [5.41, 5.74) is 8.16. The normalized spacial score (nSPS) is 16.4. The van der Waals surface area contributed by atoms with Gasteiger partial charge in [-0.3, -0.25) is 0 Å². The molecule has 0 saturated heterocycles. The molecule has 1 fully saturated rings. The number of nitrogens with zero attached hydrogens (tertiary/aromatic N) is 4. The molecule has 14 heavy (non-hydrogen) atoms. The lowest BCUT2D eigenvalue weighted by Gasteiger charge is -2.37. The first-order valence-corrected chi connectivity index (χ1v) is 5.24. The molecule has 1 N–H and O–H groups in total. The molecule has 0 unspecified atom stereocenters. The molecule has 0 aromatic heterocycles. The highest BCUT2D eigenvalue weighted by atomic mass is 16.3. The number of hydrogen-bond donors (Lipinski definition) is 1. The Bertz CT molecular complexity index is 199. The number of aliphatic hydroxyl groups excluding tert-OH is 1. The molecule has 0 aliphatic heterocycles. The van der Waals surface area contributed by atoms with Crippen LogP contribution in [0.1, 0.15) is 25.7 Å². The van der Waals surface area contributed by atoms with Crippen molar-refractivity contribution >= 4 is 0 Å². The number of azide groups is 1. The van der Waals surface area contributed by atoms with E-state index in [0.717, 1.165) is 19.5 Å². The van der Waals surface area contributed by atoms with E-state index in [4.69, 9.17) is 10.6 Å². The molecule has 80 valence electrons. The molecular weight excluding hydrogens is 180 g/mol. The molecule has 0 bridgehead atoms. The van der Waals surface area contributed by atoms with Crippen molar-refractivity contribution in [1.29, 1.82) is 0 Å². The van der Waals surface area contributed by atoms with E-state index in [-0.39, 0.29) is 6.61 Å². The Kier molecular flexibility index (Phi) is 5.37. The highest BCUT2D eigenvalue weighted by molar-refractivity contribution is 4.80. The van der Waals surface area contributed by atoms with Crippen molar-refractivity contribution in [2.24, 2.45) is 5.11 Å². The molecule has 1 saturated carbocycles. The second kappa shape index (κ2) is 6.65. The Morgan fingerprint density at radius 3 is 2.71 bits per heavy atom. The standard InChI is InChI=1S/C9H18N4O/c10-12-11-5-7-13(6-2-8-14)9-3-1-4-9/h9,14H,1-8H2. The van der Waals surface area contributed by atoms with Crippen LogP contribution in [0.3, 0.4) is 0 Å². The van der Waals surface area contributed by atoms with Gasteiger partial charge < -0.3 is 10.0 Å². The van der Waals surface area contributed by atoms with Crippen molar-refractivity contribution in [3.05, 3.63) is 10.4 Å². The van der Waals surface area contributed by atoms with Crippen LogP contribution in [-0.4, -0.2) is 42.3 Å². The van der Waals surface area contributed by atoms with Gasteiger partial charge in [-0.25, -0.2) is 0 Å². The molecule has 1 aliphatic carbocycles. The van der Waals surface area contributed by atoms with Crippen molar-refractivity contribution in [3.63, 3.8) is 0 Å². The molecule has 0 aromatic carbocycles. The second-order valence-corrected chi connectivity index (χ2v) is 3.65. The van der Waals surface area contributed by atoms with Gasteiger partial charge in [0.2, 0.25) is 0 Å². The van der Waals surface area contributed by atoms with Gasteiger partial charge in [-0.2, -0.15) is 0 Å². The van der Waals surface area contributed by atoms with E-state index >= 15 is 0 Å². The topological polar surface area (TPSA) is 72.2 Å². The smallest absolute Gasteiger partial charge is 0.0443 e. The second-order valence-electron chi connectivity index (χ2n) is 3.65. The minimum absolute atomic E-state index is 0.241. The third-order valence-electron chi connectivity index (χ3n) is 2.74. The van der Waals surface area contributed by atoms with E-state index in [0.29, 0.717) is 12.6 Å². The van der Waals surface area contributed by atoms with Gasteiger partial charge in [-0.15, -0.1) is 0 Å². The third-order valence-corrected chi connectivity index (χ3v) is 2.74. The summed E-state index contributed by atoms with van der Waals surface area (Å²) in [6.07, 6.45) is 4.62. The van der Waals surface area contributed by atoms with E-state index in [2.05, 4.69) is 14.9 Å². The van der Waals surface area contributed by atoms with E-state index in [1.165, 1.54) is 19.3 Å². The highest BCUT2D eigenvalue weighted by Gasteiger charge is 2.23. The first-order chi connectivity index (χ1) is 6.88. The zero-order chi connectivity index (χ0) is 10.2. The average molecular weight is 198 g/mol. The van der Waals surface area contributed by atoms with Crippen molar-refractivity contribution in [1.82, 2.24) is 4.90 Å². The van der Waals surface area contributed by atoms with Gasteiger partial charge in [0.1, 0.15) is 0 Å². The van der Waals surface area contributed by atoms with Crippen LogP contribution in [0.2, 0.25) is 0 Å². The van der Waals surface area contributed by atoms with Crippen LogP contribution in [0.25, 0.3) is 10.4 Å². The van der Waals surface area contributed by atoms with E-state index < -0.39 is 0 Å². The fourth-order valence-corrected chi connectivity index (χ4v) is 1.72. The van der Waals surface area contributed by atoms with Crippen molar-refractivity contribution < 1.29 is 5.11 Å². The van der Waals surface area contributed by atoms with Crippen LogP contribution in [0.4, 0.5) is 0 Å². The van der Waals surface area contributed by atoms with Crippen molar-refractivity contribution in [2.45, 2.75) is 31.7 Å². The van der Waals surface area contributed by atoms with Gasteiger partial charge in [0.15, 0.2) is 0 Å². The van der Waals surface area contributed by atoms with Gasteiger partial charge in [0.05, 0.1) is 0 Å². The quantitative estimate of drug-likeness (QED) is 0.383. The lowest BCUT2D eigenvalue weighted by atomic mass is 9.91. The molecule has 0 amide bonds. The molecule has 0 radical (unpaired) electrons. The first-order valence-electron chi connectivity index (χ1n) is 5.24.